The van der Waals surface area contributed by atoms with Crippen LogP contribution in [0.25, 0.3) is 0 Å². The van der Waals surface area contributed by atoms with Crippen molar-refractivity contribution in [3.8, 4) is 0 Å². The van der Waals surface area contributed by atoms with Gasteiger partial charge in [-0.1, -0.05) is 6.07 Å². The molecule has 0 aliphatic heterocycles. The Morgan fingerprint density at radius 3 is 1.94 bits per heavy atom. The second kappa shape index (κ2) is 3.86. The molecule has 0 heterocycles. The minimum atomic E-state index is -0.348. The summed E-state index contributed by atoms with van der Waals surface area (Å²) in [7, 11) is 1.48. The van der Waals surface area contributed by atoms with Gasteiger partial charge < -0.3 is 4.74 Å². The van der Waals surface area contributed by atoms with E-state index in [2.05, 4.69) is 33.8 Å². The fraction of sp³-hybridized carbons (Fsp3) is 0.533. The molecule has 0 amide bonds. The number of hydrogen-bond acceptors (Lipinski definition) is 2. The Morgan fingerprint density at radius 2 is 1.59 bits per heavy atom. The molecule has 0 N–H and O–H groups in total. The number of aryl methyl sites for hydroxylation is 2. The molecule has 92 valence electrons. The predicted octanol–water partition coefficient (Wildman–Crippen LogP) is 3.12. The Hall–Kier alpha value is -1.31. The zero-order chi connectivity index (χ0) is 12.8. The first-order valence-corrected chi connectivity index (χ1v) is 6.10. The number of carbonyl (C=O) groups is 1. The van der Waals surface area contributed by atoms with Crippen molar-refractivity contribution in [1.29, 1.82) is 0 Å². The summed E-state index contributed by atoms with van der Waals surface area (Å²) in [6, 6.07) is 2.20. The largest absolute Gasteiger partial charge is 0.468 e. The maximum atomic E-state index is 12.0. The van der Waals surface area contributed by atoms with Gasteiger partial charge in [-0.2, -0.15) is 0 Å². The second-order valence-electron chi connectivity index (χ2n) is 5.21. The molecule has 0 aromatic heterocycles. The third-order valence-corrected chi connectivity index (χ3v) is 4.17. The van der Waals surface area contributed by atoms with Crippen molar-refractivity contribution in [3.05, 3.63) is 33.9 Å². The van der Waals surface area contributed by atoms with Crippen LogP contribution < -0.4 is 0 Å². The highest BCUT2D eigenvalue weighted by molar-refractivity contribution is 5.88. The summed E-state index contributed by atoms with van der Waals surface area (Å²) < 4.78 is 4.98. The van der Waals surface area contributed by atoms with Gasteiger partial charge >= 0.3 is 5.97 Å². The van der Waals surface area contributed by atoms with Crippen molar-refractivity contribution in [2.75, 3.05) is 7.11 Å². The van der Waals surface area contributed by atoms with Crippen molar-refractivity contribution in [2.45, 2.75) is 46.0 Å². The molecule has 0 unspecified atom stereocenters. The number of esters is 1. The molecular weight excluding hydrogens is 212 g/mol. The lowest BCUT2D eigenvalue weighted by Gasteiger charge is -2.21. The van der Waals surface area contributed by atoms with E-state index in [0.29, 0.717) is 0 Å². The molecule has 0 bridgehead atoms. The second-order valence-corrected chi connectivity index (χ2v) is 5.21. The molecule has 2 heteroatoms. The van der Waals surface area contributed by atoms with E-state index in [9.17, 15) is 4.79 Å². The zero-order valence-electron chi connectivity index (χ0n) is 11.3. The van der Waals surface area contributed by atoms with Crippen LogP contribution >= 0.6 is 0 Å². The quantitative estimate of drug-likeness (QED) is 0.732. The predicted molar refractivity (Wildman–Crippen MR) is 68.3 cm³/mol. The highest BCUT2D eigenvalue weighted by atomic mass is 16.5. The maximum Gasteiger partial charge on any atom is 0.316 e. The Balaban J connectivity index is 2.64. The van der Waals surface area contributed by atoms with Crippen LogP contribution in [0.3, 0.4) is 0 Å². The number of ether oxygens (including phenoxy) is 1. The first kappa shape index (κ1) is 12.2. The fourth-order valence-corrected chi connectivity index (χ4v) is 2.81. The molecular formula is C15H20O2. The molecule has 1 aromatic rings. The highest BCUT2D eigenvalue weighted by Crippen LogP contribution is 2.52. The van der Waals surface area contributed by atoms with Gasteiger partial charge in [0.15, 0.2) is 0 Å². The van der Waals surface area contributed by atoms with Gasteiger partial charge in [0.2, 0.25) is 0 Å². The smallest absolute Gasteiger partial charge is 0.316 e. The van der Waals surface area contributed by atoms with E-state index in [0.717, 1.165) is 12.8 Å². The molecule has 1 aliphatic carbocycles. The molecule has 2 rings (SSSR count). The Kier molecular flexibility index (Phi) is 2.76. The standard InChI is InChI=1S/C15H20O2/c1-9-8-10(2)12(4)13(11(9)3)15(6-7-15)14(16)17-5/h8H,6-7H2,1-5H3. The van der Waals surface area contributed by atoms with Crippen LogP contribution in [0.1, 0.15) is 40.7 Å². The van der Waals surface area contributed by atoms with E-state index in [1.165, 1.54) is 34.9 Å². The lowest BCUT2D eigenvalue weighted by atomic mass is 9.84. The van der Waals surface area contributed by atoms with Crippen molar-refractivity contribution >= 4 is 5.97 Å². The van der Waals surface area contributed by atoms with Gasteiger partial charge in [0.1, 0.15) is 0 Å². The number of methoxy groups -OCH3 is 1. The number of hydrogen-bond donors (Lipinski definition) is 0. The van der Waals surface area contributed by atoms with Crippen molar-refractivity contribution in [2.24, 2.45) is 0 Å². The van der Waals surface area contributed by atoms with E-state index in [4.69, 9.17) is 4.74 Å². The molecule has 1 saturated carbocycles. The maximum absolute atomic E-state index is 12.0. The lowest BCUT2D eigenvalue weighted by molar-refractivity contribution is -0.143. The van der Waals surface area contributed by atoms with E-state index >= 15 is 0 Å². The number of benzene rings is 1. The summed E-state index contributed by atoms with van der Waals surface area (Å²) >= 11 is 0. The average molecular weight is 232 g/mol. The molecule has 1 aliphatic rings. The van der Waals surface area contributed by atoms with Crippen LogP contribution in [0.5, 0.6) is 0 Å². The Morgan fingerprint density at radius 1 is 1.12 bits per heavy atom. The summed E-state index contributed by atoms with van der Waals surface area (Å²) in [4.78, 5) is 12.0. The molecule has 2 nitrogen and oxygen atoms in total. The van der Waals surface area contributed by atoms with Gasteiger partial charge in [-0.05, 0) is 68.4 Å². The molecule has 1 fully saturated rings. The lowest BCUT2D eigenvalue weighted by Crippen LogP contribution is -2.24. The van der Waals surface area contributed by atoms with Gasteiger partial charge in [0, 0.05) is 0 Å². The Labute approximate surface area is 103 Å². The minimum Gasteiger partial charge on any atom is -0.468 e. The summed E-state index contributed by atoms with van der Waals surface area (Å²) in [6.45, 7) is 8.44. The SMILES string of the molecule is COC(=O)C1(c2c(C)c(C)cc(C)c2C)CC1. The molecule has 1 aromatic carbocycles. The van der Waals surface area contributed by atoms with Crippen LogP contribution in [-0.4, -0.2) is 13.1 Å². The first-order chi connectivity index (χ1) is 7.94. The van der Waals surface area contributed by atoms with Crippen molar-refractivity contribution in [1.82, 2.24) is 0 Å². The van der Waals surface area contributed by atoms with Gasteiger partial charge in [0.25, 0.3) is 0 Å². The van der Waals surface area contributed by atoms with E-state index in [1.54, 1.807) is 0 Å². The molecule has 0 radical (unpaired) electrons. The third kappa shape index (κ3) is 1.67. The molecule has 0 saturated heterocycles. The summed E-state index contributed by atoms with van der Waals surface area (Å²) in [5.74, 6) is -0.0753. The third-order valence-electron chi connectivity index (χ3n) is 4.17. The van der Waals surface area contributed by atoms with Crippen LogP contribution in [0.15, 0.2) is 6.07 Å². The van der Waals surface area contributed by atoms with E-state index < -0.39 is 0 Å². The van der Waals surface area contributed by atoms with E-state index in [-0.39, 0.29) is 11.4 Å². The normalized spacial score (nSPS) is 16.8. The van der Waals surface area contributed by atoms with Crippen molar-refractivity contribution in [3.63, 3.8) is 0 Å². The van der Waals surface area contributed by atoms with Crippen LogP contribution in [0.2, 0.25) is 0 Å². The van der Waals surface area contributed by atoms with Gasteiger partial charge in [-0.15, -0.1) is 0 Å². The average Bonchev–Trinajstić information content (AvgIpc) is 3.07. The highest BCUT2D eigenvalue weighted by Gasteiger charge is 2.54. The molecule has 0 atom stereocenters. The van der Waals surface area contributed by atoms with Crippen molar-refractivity contribution < 1.29 is 9.53 Å². The summed E-state index contributed by atoms with van der Waals surface area (Å²) in [5.41, 5.74) is 5.88. The summed E-state index contributed by atoms with van der Waals surface area (Å²) in [6.07, 6.45) is 1.84. The first-order valence-electron chi connectivity index (χ1n) is 6.10. The van der Waals surface area contributed by atoms with Gasteiger partial charge in [0.05, 0.1) is 12.5 Å². The number of carbonyl (C=O) groups excluding carboxylic acids is 1. The monoisotopic (exact) mass is 232 g/mol. The van der Waals surface area contributed by atoms with Crippen LogP contribution in [-0.2, 0) is 14.9 Å². The molecule has 0 spiro atoms. The number of rotatable bonds is 2. The van der Waals surface area contributed by atoms with Crippen LogP contribution in [0, 0.1) is 27.7 Å². The topological polar surface area (TPSA) is 26.3 Å². The summed E-state index contributed by atoms with van der Waals surface area (Å²) in [5, 5.41) is 0. The Bertz CT molecular complexity index is 456. The fourth-order valence-electron chi connectivity index (χ4n) is 2.81. The zero-order valence-corrected chi connectivity index (χ0v) is 11.3. The van der Waals surface area contributed by atoms with E-state index in [1.807, 2.05) is 0 Å². The van der Waals surface area contributed by atoms with Gasteiger partial charge in [-0.25, -0.2) is 0 Å². The van der Waals surface area contributed by atoms with Crippen LogP contribution in [0.4, 0.5) is 0 Å². The minimum absolute atomic E-state index is 0.0753. The van der Waals surface area contributed by atoms with Gasteiger partial charge in [-0.3, -0.25) is 4.79 Å². The molecule has 17 heavy (non-hydrogen) atoms.